The molecule has 1 aromatic carbocycles. The standard InChI is InChI=1S/C11H13N3O5/c12-9(17)4-14(5-10(13)18)11(19)6-1-7(15)3-8(16)2-6/h1-3,15-16H,4-5H2,(H2,12,17)(H2,13,18). The van der Waals surface area contributed by atoms with E-state index in [-0.39, 0.29) is 17.1 Å². The van der Waals surface area contributed by atoms with E-state index in [9.17, 15) is 24.6 Å². The van der Waals surface area contributed by atoms with Gasteiger partial charge in [0.1, 0.15) is 24.6 Å². The zero-order valence-corrected chi connectivity index (χ0v) is 9.87. The highest BCUT2D eigenvalue weighted by Gasteiger charge is 2.20. The van der Waals surface area contributed by atoms with Gasteiger partial charge < -0.3 is 26.6 Å². The van der Waals surface area contributed by atoms with E-state index < -0.39 is 30.8 Å². The van der Waals surface area contributed by atoms with Crippen LogP contribution in [0.25, 0.3) is 0 Å². The van der Waals surface area contributed by atoms with Crippen molar-refractivity contribution >= 4 is 17.7 Å². The van der Waals surface area contributed by atoms with Gasteiger partial charge in [-0.25, -0.2) is 0 Å². The molecule has 0 radical (unpaired) electrons. The van der Waals surface area contributed by atoms with E-state index in [1.165, 1.54) is 0 Å². The number of hydrogen-bond donors (Lipinski definition) is 4. The molecule has 0 aliphatic rings. The van der Waals surface area contributed by atoms with E-state index in [1.807, 2.05) is 0 Å². The number of rotatable bonds is 5. The zero-order valence-electron chi connectivity index (χ0n) is 9.87. The van der Waals surface area contributed by atoms with Crippen LogP contribution in [0.1, 0.15) is 10.4 Å². The van der Waals surface area contributed by atoms with Crippen molar-refractivity contribution in [3.63, 3.8) is 0 Å². The minimum absolute atomic E-state index is 0.0972. The fourth-order valence-electron chi connectivity index (χ4n) is 1.48. The second-order valence-corrected chi connectivity index (χ2v) is 3.83. The summed E-state index contributed by atoms with van der Waals surface area (Å²) in [5.74, 6) is -3.07. The van der Waals surface area contributed by atoms with E-state index in [2.05, 4.69) is 0 Å². The lowest BCUT2D eigenvalue weighted by molar-refractivity contribution is -0.121. The quantitative estimate of drug-likeness (QED) is 0.513. The summed E-state index contributed by atoms with van der Waals surface area (Å²) < 4.78 is 0. The SMILES string of the molecule is NC(=O)CN(CC(N)=O)C(=O)c1cc(O)cc(O)c1. The maximum Gasteiger partial charge on any atom is 0.255 e. The molecule has 0 unspecified atom stereocenters. The molecule has 1 aromatic rings. The Morgan fingerprint density at radius 1 is 0.947 bits per heavy atom. The van der Waals surface area contributed by atoms with Crippen molar-refractivity contribution in [2.75, 3.05) is 13.1 Å². The van der Waals surface area contributed by atoms with Gasteiger partial charge in [-0.05, 0) is 12.1 Å². The van der Waals surface area contributed by atoms with Crippen LogP contribution >= 0.6 is 0 Å². The maximum atomic E-state index is 12.0. The van der Waals surface area contributed by atoms with Crippen LogP contribution in [-0.4, -0.2) is 45.9 Å². The smallest absolute Gasteiger partial charge is 0.255 e. The Hall–Kier alpha value is -2.77. The number of carbonyl (C=O) groups is 3. The van der Waals surface area contributed by atoms with E-state index in [4.69, 9.17) is 11.5 Å². The monoisotopic (exact) mass is 267 g/mol. The van der Waals surface area contributed by atoms with Crippen LogP contribution in [-0.2, 0) is 9.59 Å². The predicted octanol–water partition coefficient (Wildman–Crippen LogP) is -1.49. The first-order chi connectivity index (χ1) is 8.79. The molecule has 8 heteroatoms. The summed E-state index contributed by atoms with van der Waals surface area (Å²) in [6.07, 6.45) is 0. The molecule has 0 atom stereocenters. The van der Waals surface area contributed by atoms with Gasteiger partial charge in [0.25, 0.3) is 5.91 Å². The Labute approximate surface area is 108 Å². The van der Waals surface area contributed by atoms with Gasteiger partial charge in [0.05, 0.1) is 0 Å². The number of phenols is 2. The van der Waals surface area contributed by atoms with Crippen LogP contribution < -0.4 is 11.5 Å². The maximum absolute atomic E-state index is 12.0. The first-order valence-electron chi connectivity index (χ1n) is 5.18. The first-order valence-corrected chi connectivity index (χ1v) is 5.18. The second-order valence-electron chi connectivity index (χ2n) is 3.83. The molecule has 0 saturated carbocycles. The van der Waals surface area contributed by atoms with Crippen LogP contribution in [0.15, 0.2) is 18.2 Å². The molecule has 0 aliphatic carbocycles. The van der Waals surface area contributed by atoms with Crippen LogP contribution in [0.4, 0.5) is 0 Å². The van der Waals surface area contributed by atoms with Crippen LogP contribution in [0.2, 0.25) is 0 Å². The Bertz CT molecular complexity index is 493. The molecule has 3 amide bonds. The van der Waals surface area contributed by atoms with Crippen molar-refractivity contribution in [3.8, 4) is 11.5 Å². The van der Waals surface area contributed by atoms with Crippen molar-refractivity contribution in [1.29, 1.82) is 0 Å². The van der Waals surface area contributed by atoms with Gasteiger partial charge in [-0.1, -0.05) is 0 Å². The summed E-state index contributed by atoms with van der Waals surface area (Å²) in [5, 5.41) is 18.5. The average Bonchev–Trinajstić information content (AvgIpc) is 2.24. The topological polar surface area (TPSA) is 147 Å². The van der Waals surface area contributed by atoms with Gasteiger partial charge in [-0.3, -0.25) is 14.4 Å². The number of nitrogens with zero attached hydrogens (tertiary/aromatic N) is 1. The first kappa shape index (κ1) is 14.3. The summed E-state index contributed by atoms with van der Waals surface area (Å²) in [5.41, 5.74) is 9.82. The summed E-state index contributed by atoms with van der Waals surface area (Å²) >= 11 is 0. The molecule has 0 fully saturated rings. The van der Waals surface area contributed by atoms with Gasteiger partial charge in [-0.15, -0.1) is 0 Å². The van der Waals surface area contributed by atoms with E-state index in [0.29, 0.717) is 0 Å². The summed E-state index contributed by atoms with van der Waals surface area (Å²) in [7, 11) is 0. The zero-order chi connectivity index (χ0) is 14.6. The van der Waals surface area contributed by atoms with Gasteiger partial charge in [0, 0.05) is 11.6 Å². The van der Waals surface area contributed by atoms with Crippen molar-refractivity contribution in [2.45, 2.75) is 0 Å². The molecule has 0 aromatic heterocycles. The lowest BCUT2D eigenvalue weighted by Gasteiger charge is -2.19. The molecule has 0 bridgehead atoms. The largest absolute Gasteiger partial charge is 0.508 e. The minimum atomic E-state index is -0.820. The molecular formula is C11H13N3O5. The molecule has 0 aliphatic heterocycles. The fraction of sp³-hybridized carbons (Fsp3) is 0.182. The fourth-order valence-corrected chi connectivity index (χ4v) is 1.48. The molecule has 19 heavy (non-hydrogen) atoms. The summed E-state index contributed by atoms with van der Waals surface area (Å²) in [6, 6.07) is 3.19. The van der Waals surface area contributed by atoms with Crippen LogP contribution in [0.5, 0.6) is 11.5 Å². The Balaban J connectivity index is 3.03. The third kappa shape index (κ3) is 4.19. The molecule has 0 saturated heterocycles. The van der Waals surface area contributed by atoms with Crippen molar-refractivity contribution in [2.24, 2.45) is 11.5 Å². The minimum Gasteiger partial charge on any atom is -0.508 e. The number of hydrogen-bond acceptors (Lipinski definition) is 5. The highest BCUT2D eigenvalue weighted by atomic mass is 16.3. The van der Waals surface area contributed by atoms with E-state index >= 15 is 0 Å². The molecule has 0 heterocycles. The van der Waals surface area contributed by atoms with Gasteiger partial charge in [-0.2, -0.15) is 0 Å². The van der Waals surface area contributed by atoms with Gasteiger partial charge in [0.2, 0.25) is 11.8 Å². The van der Waals surface area contributed by atoms with Crippen molar-refractivity contribution in [3.05, 3.63) is 23.8 Å². The number of nitrogens with two attached hydrogens (primary N) is 2. The van der Waals surface area contributed by atoms with Crippen LogP contribution in [0, 0.1) is 0 Å². The number of aromatic hydroxyl groups is 2. The van der Waals surface area contributed by atoms with E-state index in [0.717, 1.165) is 23.1 Å². The summed E-state index contributed by atoms with van der Waals surface area (Å²) in [4.78, 5) is 34.5. The number of phenolic OH excluding ortho intramolecular Hbond substituents is 2. The average molecular weight is 267 g/mol. The predicted molar refractivity (Wildman–Crippen MR) is 64.1 cm³/mol. The van der Waals surface area contributed by atoms with Crippen molar-refractivity contribution < 1.29 is 24.6 Å². The lowest BCUT2D eigenvalue weighted by Crippen LogP contribution is -2.43. The van der Waals surface area contributed by atoms with Crippen molar-refractivity contribution in [1.82, 2.24) is 4.90 Å². The number of benzene rings is 1. The highest BCUT2D eigenvalue weighted by Crippen LogP contribution is 2.21. The Morgan fingerprint density at radius 2 is 1.37 bits per heavy atom. The van der Waals surface area contributed by atoms with Crippen LogP contribution in [0.3, 0.4) is 0 Å². The van der Waals surface area contributed by atoms with Gasteiger partial charge in [0.15, 0.2) is 0 Å². The molecule has 6 N–H and O–H groups in total. The normalized spacial score (nSPS) is 9.89. The Kier molecular flexibility index (Phi) is 4.30. The lowest BCUT2D eigenvalue weighted by atomic mass is 10.1. The molecule has 8 nitrogen and oxygen atoms in total. The van der Waals surface area contributed by atoms with Gasteiger partial charge >= 0.3 is 0 Å². The number of amides is 3. The molecule has 0 spiro atoms. The van der Waals surface area contributed by atoms with E-state index in [1.54, 1.807) is 0 Å². The molecule has 1 rings (SSSR count). The molecule has 102 valence electrons. The number of carbonyl (C=O) groups excluding carboxylic acids is 3. The third-order valence-corrected chi connectivity index (χ3v) is 2.13. The Morgan fingerprint density at radius 3 is 1.74 bits per heavy atom. The highest BCUT2D eigenvalue weighted by molar-refractivity contribution is 5.99. The third-order valence-electron chi connectivity index (χ3n) is 2.13. The second kappa shape index (κ2) is 5.71. The molecular weight excluding hydrogens is 254 g/mol. The number of primary amides is 2. The summed E-state index contributed by atoms with van der Waals surface area (Å²) in [6.45, 7) is -1.00.